The third-order valence-electron chi connectivity index (χ3n) is 3.61. The molecule has 5 nitrogen and oxygen atoms in total. The number of methoxy groups -OCH3 is 1. The number of rotatable bonds is 4. The van der Waals surface area contributed by atoms with Gasteiger partial charge in [0.1, 0.15) is 5.00 Å². The van der Waals surface area contributed by atoms with E-state index in [4.69, 9.17) is 4.74 Å². The molecule has 1 atom stereocenters. The second-order valence-electron chi connectivity index (χ2n) is 5.83. The average molecular weight is 310 g/mol. The zero-order chi connectivity index (χ0) is 15.6. The summed E-state index contributed by atoms with van der Waals surface area (Å²) in [5.74, 6) is 0.144. The zero-order valence-electron chi connectivity index (χ0n) is 13.0. The Bertz CT molecular complexity index is 551. The molecule has 1 aliphatic rings. The van der Waals surface area contributed by atoms with Crippen LogP contribution in [0.15, 0.2) is 0 Å². The number of carbonyl (C=O) groups excluding carboxylic acids is 2. The lowest BCUT2D eigenvalue weighted by Crippen LogP contribution is -2.27. The molecule has 0 bridgehead atoms. The van der Waals surface area contributed by atoms with E-state index >= 15 is 0 Å². The number of fused-ring (bicyclic) bond motifs is 1. The molecule has 1 aromatic rings. The first-order valence-electron chi connectivity index (χ1n) is 7.09. The van der Waals surface area contributed by atoms with Crippen molar-refractivity contribution in [3.8, 4) is 0 Å². The van der Waals surface area contributed by atoms with Crippen LogP contribution in [0.1, 0.15) is 34.1 Å². The lowest BCUT2D eigenvalue weighted by atomic mass is 9.88. The highest BCUT2D eigenvalue weighted by Crippen LogP contribution is 2.39. The molecule has 0 aliphatic heterocycles. The Balaban J connectivity index is 2.31. The van der Waals surface area contributed by atoms with Gasteiger partial charge in [0.2, 0.25) is 5.91 Å². The molecule has 0 fully saturated rings. The van der Waals surface area contributed by atoms with Crippen molar-refractivity contribution < 1.29 is 14.3 Å². The third kappa shape index (κ3) is 3.63. The molecule has 1 N–H and O–H groups in total. The van der Waals surface area contributed by atoms with Crippen molar-refractivity contribution in [3.63, 3.8) is 0 Å². The number of nitrogens with one attached hydrogen (secondary N) is 1. The van der Waals surface area contributed by atoms with Gasteiger partial charge in [0.25, 0.3) is 0 Å². The molecule has 6 heteroatoms. The fourth-order valence-corrected chi connectivity index (χ4v) is 4.03. The Morgan fingerprint density at radius 2 is 2.14 bits per heavy atom. The second-order valence-corrected chi connectivity index (χ2v) is 6.94. The van der Waals surface area contributed by atoms with E-state index in [9.17, 15) is 9.59 Å². The zero-order valence-corrected chi connectivity index (χ0v) is 13.8. The predicted molar refractivity (Wildman–Crippen MR) is 84.0 cm³/mol. The molecule has 1 aliphatic carbocycles. The first-order valence-corrected chi connectivity index (χ1v) is 7.91. The summed E-state index contributed by atoms with van der Waals surface area (Å²) >= 11 is 1.51. The molecule has 0 saturated carbocycles. The van der Waals surface area contributed by atoms with Crippen LogP contribution < -0.4 is 5.32 Å². The van der Waals surface area contributed by atoms with E-state index in [0.29, 0.717) is 23.0 Å². The maximum atomic E-state index is 12.1. The smallest absolute Gasteiger partial charge is 0.341 e. The molecular formula is C15H22N2O3S. The number of likely N-dealkylation sites (N-methyl/N-ethyl adjacent to an activating group) is 1. The quantitative estimate of drug-likeness (QED) is 0.866. The minimum Gasteiger partial charge on any atom is -0.465 e. The van der Waals surface area contributed by atoms with E-state index in [1.165, 1.54) is 23.3 Å². The molecule has 0 unspecified atom stereocenters. The summed E-state index contributed by atoms with van der Waals surface area (Å²) in [7, 11) is 5.05. The number of anilines is 1. The summed E-state index contributed by atoms with van der Waals surface area (Å²) in [6.45, 7) is 2.50. The first-order chi connectivity index (χ1) is 9.92. The van der Waals surface area contributed by atoms with Crippen LogP contribution in [-0.2, 0) is 22.4 Å². The number of carbonyl (C=O) groups is 2. The van der Waals surface area contributed by atoms with E-state index in [0.717, 1.165) is 24.8 Å². The topological polar surface area (TPSA) is 58.6 Å². The molecule has 0 saturated heterocycles. The van der Waals surface area contributed by atoms with Crippen LogP contribution in [-0.4, -0.2) is 44.5 Å². The Labute approximate surface area is 129 Å². The van der Waals surface area contributed by atoms with Gasteiger partial charge in [-0.15, -0.1) is 11.3 Å². The van der Waals surface area contributed by atoms with Crippen molar-refractivity contribution in [2.75, 3.05) is 33.1 Å². The van der Waals surface area contributed by atoms with Crippen molar-refractivity contribution in [2.45, 2.75) is 26.2 Å². The first kappa shape index (κ1) is 16.0. The Kier molecular flexibility index (Phi) is 5.00. The van der Waals surface area contributed by atoms with Gasteiger partial charge in [0, 0.05) is 4.88 Å². The Morgan fingerprint density at radius 1 is 1.43 bits per heavy atom. The molecule has 2 rings (SSSR count). The summed E-state index contributed by atoms with van der Waals surface area (Å²) in [6.07, 6.45) is 2.91. The summed E-state index contributed by atoms with van der Waals surface area (Å²) in [4.78, 5) is 27.0. The minimum atomic E-state index is -0.359. The number of ether oxygens (including phenoxy) is 1. The number of hydrogen-bond acceptors (Lipinski definition) is 5. The van der Waals surface area contributed by atoms with Crippen LogP contribution in [0.25, 0.3) is 0 Å². The Morgan fingerprint density at radius 3 is 2.76 bits per heavy atom. The van der Waals surface area contributed by atoms with E-state index in [1.807, 2.05) is 14.1 Å². The fourth-order valence-electron chi connectivity index (χ4n) is 2.61. The normalized spacial score (nSPS) is 17.5. The summed E-state index contributed by atoms with van der Waals surface area (Å²) in [5.41, 5.74) is 1.61. The maximum Gasteiger partial charge on any atom is 0.341 e. The molecule has 1 aromatic heterocycles. The van der Waals surface area contributed by atoms with Crippen LogP contribution in [0.3, 0.4) is 0 Å². The van der Waals surface area contributed by atoms with Gasteiger partial charge in [0.05, 0.1) is 19.2 Å². The molecule has 21 heavy (non-hydrogen) atoms. The van der Waals surface area contributed by atoms with Crippen molar-refractivity contribution in [2.24, 2.45) is 5.92 Å². The number of esters is 1. The van der Waals surface area contributed by atoms with Crippen molar-refractivity contribution in [1.82, 2.24) is 4.90 Å². The number of hydrogen-bond donors (Lipinski definition) is 1. The predicted octanol–water partition coefficient (Wildman–Crippen LogP) is 2.16. The summed E-state index contributed by atoms with van der Waals surface area (Å²) in [5, 5.41) is 3.50. The van der Waals surface area contributed by atoms with Gasteiger partial charge in [-0.1, -0.05) is 6.92 Å². The third-order valence-corrected chi connectivity index (χ3v) is 4.78. The molecule has 0 radical (unpaired) electrons. The summed E-state index contributed by atoms with van der Waals surface area (Å²) < 4.78 is 4.90. The fraction of sp³-hybridized carbons (Fsp3) is 0.600. The molecule has 0 spiro atoms. The van der Waals surface area contributed by atoms with Gasteiger partial charge in [-0.05, 0) is 44.8 Å². The van der Waals surface area contributed by atoms with Gasteiger partial charge < -0.3 is 15.0 Å². The lowest BCUT2D eigenvalue weighted by Gasteiger charge is -2.18. The second kappa shape index (κ2) is 6.58. The standard InChI is InChI=1S/C15H22N2O3S/c1-9-5-6-10-11(7-9)21-14(13(10)15(19)20-4)16-12(18)8-17(2)3/h9H,5-8H2,1-4H3,(H,16,18)/t9-/m1/s1. The molecule has 1 heterocycles. The number of amides is 1. The van der Waals surface area contributed by atoms with Crippen LogP contribution in [0.5, 0.6) is 0 Å². The van der Waals surface area contributed by atoms with E-state index < -0.39 is 0 Å². The van der Waals surface area contributed by atoms with Gasteiger partial charge in [-0.3, -0.25) is 4.79 Å². The van der Waals surface area contributed by atoms with E-state index in [2.05, 4.69) is 12.2 Å². The molecule has 1 amide bonds. The van der Waals surface area contributed by atoms with Gasteiger partial charge >= 0.3 is 5.97 Å². The molecular weight excluding hydrogens is 288 g/mol. The van der Waals surface area contributed by atoms with Gasteiger partial charge in [-0.25, -0.2) is 4.79 Å². The molecule has 0 aromatic carbocycles. The molecule has 116 valence electrons. The van der Waals surface area contributed by atoms with Gasteiger partial charge in [0.15, 0.2) is 0 Å². The maximum absolute atomic E-state index is 12.1. The minimum absolute atomic E-state index is 0.114. The van der Waals surface area contributed by atoms with Crippen LogP contribution in [0.4, 0.5) is 5.00 Å². The monoisotopic (exact) mass is 310 g/mol. The highest BCUT2D eigenvalue weighted by molar-refractivity contribution is 7.17. The van der Waals surface area contributed by atoms with Crippen molar-refractivity contribution in [1.29, 1.82) is 0 Å². The van der Waals surface area contributed by atoms with Crippen LogP contribution in [0.2, 0.25) is 0 Å². The van der Waals surface area contributed by atoms with Crippen LogP contribution >= 0.6 is 11.3 Å². The number of nitrogens with zero attached hydrogens (tertiary/aromatic N) is 1. The van der Waals surface area contributed by atoms with E-state index in [1.54, 1.807) is 4.90 Å². The largest absolute Gasteiger partial charge is 0.465 e. The highest BCUT2D eigenvalue weighted by atomic mass is 32.1. The average Bonchev–Trinajstić information content (AvgIpc) is 2.73. The van der Waals surface area contributed by atoms with E-state index in [-0.39, 0.29) is 11.9 Å². The number of thiophene rings is 1. The lowest BCUT2D eigenvalue weighted by molar-refractivity contribution is -0.116. The SMILES string of the molecule is COC(=O)c1c(NC(=O)CN(C)C)sc2c1CC[C@@H](C)C2. The van der Waals surface area contributed by atoms with Crippen molar-refractivity contribution >= 4 is 28.2 Å². The van der Waals surface area contributed by atoms with Crippen LogP contribution in [0, 0.1) is 5.92 Å². The Hall–Kier alpha value is -1.40. The van der Waals surface area contributed by atoms with Crippen molar-refractivity contribution in [3.05, 3.63) is 16.0 Å². The van der Waals surface area contributed by atoms with Gasteiger partial charge in [-0.2, -0.15) is 0 Å². The summed E-state index contributed by atoms with van der Waals surface area (Å²) in [6, 6.07) is 0. The highest BCUT2D eigenvalue weighted by Gasteiger charge is 2.28.